The molecule has 0 fully saturated rings. The Hall–Kier alpha value is -1.52. The highest BCUT2D eigenvalue weighted by Crippen LogP contribution is 2.32. The molecule has 0 aliphatic heterocycles. The molecule has 0 aliphatic rings. The highest BCUT2D eigenvalue weighted by atomic mass is 16.3. The van der Waals surface area contributed by atoms with E-state index in [1.807, 2.05) is 6.07 Å². The molecular formula is C11H14N2O2. The Kier molecular flexibility index (Phi) is 2.38. The van der Waals surface area contributed by atoms with Crippen molar-refractivity contribution in [2.75, 3.05) is 0 Å². The third kappa shape index (κ3) is 1.58. The number of aromatic amines is 1. The first-order valence-electron chi connectivity index (χ1n) is 4.84. The number of aliphatic hydroxyl groups is 1. The summed E-state index contributed by atoms with van der Waals surface area (Å²) in [5, 5.41) is 20.0. The fraction of sp³-hybridized carbons (Fsp3) is 0.273. The highest BCUT2D eigenvalue weighted by molar-refractivity contribution is 5.87. The van der Waals surface area contributed by atoms with Gasteiger partial charge in [0.1, 0.15) is 5.75 Å². The van der Waals surface area contributed by atoms with Crippen molar-refractivity contribution in [3.05, 3.63) is 30.0 Å². The summed E-state index contributed by atoms with van der Waals surface area (Å²) in [5.74, 6) is 0.141. The molecule has 4 nitrogen and oxygen atoms in total. The zero-order valence-electron chi connectivity index (χ0n) is 8.44. The summed E-state index contributed by atoms with van der Waals surface area (Å²) in [7, 11) is 0. The average Bonchev–Trinajstić information content (AvgIpc) is 2.66. The summed E-state index contributed by atoms with van der Waals surface area (Å²) in [5.41, 5.74) is 7.20. The van der Waals surface area contributed by atoms with E-state index in [1.54, 1.807) is 25.3 Å². The van der Waals surface area contributed by atoms with Crippen molar-refractivity contribution < 1.29 is 10.2 Å². The first-order valence-corrected chi connectivity index (χ1v) is 4.84. The fourth-order valence-corrected chi connectivity index (χ4v) is 1.66. The van der Waals surface area contributed by atoms with Crippen LogP contribution >= 0.6 is 0 Å². The molecule has 0 saturated carbocycles. The summed E-state index contributed by atoms with van der Waals surface area (Å²) >= 11 is 0. The van der Waals surface area contributed by atoms with Gasteiger partial charge in [0.05, 0.1) is 12.1 Å². The van der Waals surface area contributed by atoms with Crippen molar-refractivity contribution in [3.8, 4) is 5.75 Å². The van der Waals surface area contributed by atoms with E-state index in [1.165, 1.54) is 0 Å². The molecule has 0 radical (unpaired) electrons. The van der Waals surface area contributed by atoms with E-state index in [2.05, 4.69) is 4.98 Å². The molecule has 5 N–H and O–H groups in total. The van der Waals surface area contributed by atoms with E-state index >= 15 is 0 Å². The van der Waals surface area contributed by atoms with Gasteiger partial charge in [-0.05, 0) is 19.1 Å². The van der Waals surface area contributed by atoms with Crippen LogP contribution in [0.4, 0.5) is 0 Å². The third-order valence-corrected chi connectivity index (χ3v) is 2.62. The Morgan fingerprint density at radius 3 is 2.73 bits per heavy atom. The number of aromatic hydroxyl groups is 1. The maximum absolute atomic E-state index is 9.95. The van der Waals surface area contributed by atoms with Gasteiger partial charge in [-0.15, -0.1) is 0 Å². The minimum atomic E-state index is -0.688. The van der Waals surface area contributed by atoms with Crippen LogP contribution in [0.15, 0.2) is 24.4 Å². The van der Waals surface area contributed by atoms with E-state index in [-0.39, 0.29) is 5.75 Å². The highest BCUT2D eigenvalue weighted by Gasteiger charge is 2.17. The number of aliphatic hydroxyl groups excluding tert-OH is 1. The lowest BCUT2D eigenvalue weighted by atomic mass is 10.0. The summed E-state index contributed by atoms with van der Waals surface area (Å²) < 4.78 is 0. The third-order valence-electron chi connectivity index (χ3n) is 2.62. The maximum Gasteiger partial charge on any atom is 0.129 e. The van der Waals surface area contributed by atoms with Gasteiger partial charge >= 0.3 is 0 Å². The van der Waals surface area contributed by atoms with E-state index in [0.29, 0.717) is 5.56 Å². The van der Waals surface area contributed by atoms with Gasteiger partial charge in [0.2, 0.25) is 0 Å². The van der Waals surface area contributed by atoms with Gasteiger partial charge in [-0.1, -0.05) is 6.07 Å². The Morgan fingerprint density at radius 2 is 2.07 bits per heavy atom. The molecule has 0 aliphatic carbocycles. The quantitative estimate of drug-likeness (QED) is 0.597. The minimum Gasteiger partial charge on any atom is -0.507 e. The van der Waals surface area contributed by atoms with Crippen LogP contribution in [0.2, 0.25) is 0 Å². The topological polar surface area (TPSA) is 82.3 Å². The molecule has 2 rings (SSSR count). The van der Waals surface area contributed by atoms with Gasteiger partial charge in [0.25, 0.3) is 0 Å². The van der Waals surface area contributed by atoms with Crippen molar-refractivity contribution in [1.29, 1.82) is 0 Å². The summed E-state index contributed by atoms with van der Waals surface area (Å²) in [4.78, 5) is 2.99. The normalized spacial score (nSPS) is 15.4. The largest absolute Gasteiger partial charge is 0.507 e. The molecule has 2 aromatic rings. The Morgan fingerprint density at radius 1 is 1.33 bits per heavy atom. The second-order valence-electron chi connectivity index (χ2n) is 3.71. The molecule has 2 atom stereocenters. The van der Waals surface area contributed by atoms with E-state index in [9.17, 15) is 10.2 Å². The van der Waals surface area contributed by atoms with Crippen LogP contribution in [0, 0.1) is 0 Å². The number of phenols is 1. The zero-order valence-corrected chi connectivity index (χ0v) is 8.44. The number of nitrogens with two attached hydrogens (primary N) is 1. The average molecular weight is 206 g/mol. The lowest BCUT2D eigenvalue weighted by Crippen LogP contribution is -2.23. The Balaban J connectivity index is 2.57. The molecule has 80 valence electrons. The van der Waals surface area contributed by atoms with Gasteiger partial charge in [0, 0.05) is 22.7 Å². The minimum absolute atomic E-state index is 0.141. The number of rotatable bonds is 2. The van der Waals surface area contributed by atoms with Crippen LogP contribution in [0.1, 0.15) is 18.5 Å². The monoisotopic (exact) mass is 206 g/mol. The van der Waals surface area contributed by atoms with Gasteiger partial charge in [0.15, 0.2) is 0 Å². The van der Waals surface area contributed by atoms with Crippen molar-refractivity contribution in [2.24, 2.45) is 5.73 Å². The zero-order chi connectivity index (χ0) is 11.0. The number of benzene rings is 1. The van der Waals surface area contributed by atoms with Crippen LogP contribution < -0.4 is 5.73 Å². The summed E-state index contributed by atoms with van der Waals surface area (Å²) in [6.45, 7) is 1.60. The lowest BCUT2D eigenvalue weighted by molar-refractivity contribution is 0.163. The molecule has 0 amide bonds. The van der Waals surface area contributed by atoms with Crippen molar-refractivity contribution in [3.63, 3.8) is 0 Å². The molecule has 0 saturated heterocycles. The molecule has 0 bridgehead atoms. The van der Waals surface area contributed by atoms with Gasteiger partial charge in [-0.3, -0.25) is 0 Å². The molecule has 1 aromatic heterocycles. The molecule has 4 heteroatoms. The first kappa shape index (κ1) is 10.0. The van der Waals surface area contributed by atoms with Crippen LogP contribution in [-0.4, -0.2) is 21.3 Å². The first-order chi connectivity index (χ1) is 7.11. The molecule has 0 spiro atoms. The number of hydrogen-bond acceptors (Lipinski definition) is 3. The number of hydrogen-bond donors (Lipinski definition) is 4. The molecule has 1 heterocycles. The number of aromatic nitrogens is 1. The summed E-state index contributed by atoms with van der Waals surface area (Å²) in [6.07, 6.45) is 1.06. The van der Waals surface area contributed by atoms with Crippen LogP contribution in [-0.2, 0) is 0 Å². The van der Waals surface area contributed by atoms with Crippen molar-refractivity contribution in [1.82, 2.24) is 4.98 Å². The predicted octanol–water partition coefficient (Wildman–Crippen LogP) is 1.25. The molecule has 1 aromatic carbocycles. The van der Waals surface area contributed by atoms with Gasteiger partial charge < -0.3 is 20.9 Å². The molecular weight excluding hydrogens is 192 g/mol. The van der Waals surface area contributed by atoms with E-state index in [0.717, 1.165) is 10.9 Å². The standard InChI is InChI=1S/C11H14N2O2/c1-6(14)10(12)8-2-3-9-7(11(8)15)4-5-13-9/h2-6,10,13-15H,12H2,1H3/t6-,10+/m1/s1. The van der Waals surface area contributed by atoms with Crippen LogP contribution in [0.25, 0.3) is 10.9 Å². The van der Waals surface area contributed by atoms with Crippen LogP contribution in [0.5, 0.6) is 5.75 Å². The number of fused-ring (bicyclic) bond motifs is 1. The van der Waals surface area contributed by atoms with Gasteiger partial charge in [-0.2, -0.15) is 0 Å². The number of nitrogens with one attached hydrogen (secondary N) is 1. The Bertz CT molecular complexity index is 476. The Labute approximate surface area is 87.3 Å². The molecule has 15 heavy (non-hydrogen) atoms. The van der Waals surface area contributed by atoms with Crippen molar-refractivity contribution in [2.45, 2.75) is 19.1 Å². The molecule has 0 unspecified atom stereocenters. The van der Waals surface area contributed by atoms with Crippen LogP contribution in [0.3, 0.4) is 0 Å². The van der Waals surface area contributed by atoms with E-state index < -0.39 is 12.1 Å². The smallest absolute Gasteiger partial charge is 0.129 e. The number of phenolic OH excluding ortho intramolecular Hbond substituents is 1. The van der Waals surface area contributed by atoms with E-state index in [4.69, 9.17) is 5.73 Å². The predicted molar refractivity (Wildman–Crippen MR) is 58.6 cm³/mol. The number of H-pyrrole nitrogens is 1. The SMILES string of the molecule is C[C@@H](O)[C@H](N)c1ccc2[nH]ccc2c1O. The second kappa shape index (κ2) is 3.56. The lowest BCUT2D eigenvalue weighted by Gasteiger charge is -2.16. The fourth-order valence-electron chi connectivity index (χ4n) is 1.66. The second-order valence-corrected chi connectivity index (χ2v) is 3.71. The summed E-state index contributed by atoms with van der Waals surface area (Å²) in [6, 6.07) is 4.78. The van der Waals surface area contributed by atoms with Gasteiger partial charge in [-0.25, -0.2) is 0 Å². The maximum atomic E-state index is 9.95. The van der Waals surface area contributed by atoms with Crippen molar-refractivity contribution >= 4 is 10.9 Å².